The quantitative estimate of drug-likeness (QED) is 0.663. The number of rotatable bonds is 0. The Labute approximate surface area is 103 Å². The second kappa shape index (κ2) is 3.56. The zero-order chi connectivity index (χ0) is 12.1. The lowest BCUT2D eigenvalue weighted by Gasteiger charge is -2.32. The summed E-state index contributed by atoms with van der Waals surface area (Å²) in [5.41, 5.74) is 3.68. The van der Waals surface area contributed by atoms with Gasteiger partial charge in [0, 0.05) is 15.9 Å². The minimum absolute atomic E-state index is 0.0208. The molecule has 0 saturated carbocycles. The average Bonchev–Trinajstić information content (AvgIpc) is 2.11. The van der Waals surface area contributed by atoms with Gasteiger partial charge in [0.1, 0.15) is 5.75 Å². The van der Waals surface area contributed by atoms with Crippen molar-refractivity contribution in [3.05, 3.63) is 34.6 Å². The van der Waals surface area contributed by atoms with E-state index in [1.54, 1.807) is 0 Å². The lowest BCUT2D eigenvalue weighted by Crippen LogP contribution is -2.22. The van der Waals surface area contributed by atoms with E-state index in [9.17, 15) is 0 Å². The summed E-state index contributed by atoms with van der Waals surface area (Å²) < 4.78 is 5.81. The molecule has 1 heterocycles. The van der Waals surface area contributed by atoms with Gasteiger partial charge in [0.05, 0.1) is 5.76 Å². The number of ether oxygens (including phenoxy) is 1. The van der Waals surface area contributed by atoms with Crippen LogP contribution in [0.15, 0.2) is 22.8 Å². The molecule has 1 aliphatic heterocycles. The Balaban J connectivity index is 2.75. The van der Waals surface area contributed by atoms with E-state index in [1.165, 1.54) is 16.7 Å². The molecule has 1 aromatic rings. The van der Waals surface area contributed by atoms with E-state index < -0.39 is 0 Å². The molecule has 0 saturated heterocycles. The van der Waals surface area contributed by atoms with Crippen LogP contribution in [0.2, 0.25) is 0 Å². The van der Waals surface area contributed by atoms with Crippen molar-refractivity contribution in [1.29, 1.82) is 0 Å². The lowest BCUT2D eigenvalue weighted by molar-refractivity contribution is 0.382. The highest BCUT2D eigenvalue weighted by Gasteiger charge is 2.30. The van der Waals surface area contributed by atoms with E-state index in [1.807, 2.05) is 6.92 Å². The Hall–Kier alpha value is -0.890. The molecular weight excluding hydrogens is 216 g/mol. The molecule has 16 heavy (non-hydrogen) atoms. The van der Waals surface area contributed by atoms with E-state index in [0.29, 0.717) is 0 Å². The highest BCUT2D eigenvalue weighted by molar-refractivity contribution is 7.80. The van der Waals surface area contributed by atoms with Crippen LogP contribution < -0.4 is 4.74 Å². The van der Waals surface area contributed by atoms with Crippen molar-refractivity contribution >= 4 is 12.6 Å². The predicted molar refractivity (Wildman–Crippen MR) is 70.6 cm³/mol. The van der Waals surface area contributed by atoms with Crippen molar-refractivity contribution in [1.82, 2.24) is 0 Å². The fraction of sp³-hybridized carbons (Fsp3) is 0.429. The van der Waals surface area contributed by atoms with Gasteiger partial charge < -0.3 is 4.74 Å². The second-order valence-electron chi connectivity index (χ2n) is 5.12. The van der Waals surface area contributed by atoms with Crippen LogP contribution in [-0.4, -0.2) is 0 Å². The van der Waals surface area contributed by atoms with Crippen molar-refractivity contribution in [2.24, 2.45) is 0 Å². The van der Waals surface area contributed by atoms with E-state index in [0.717, 1.165) is 16.4 Å². The number of allylic oxidation sites excluding steroid dienone is 2. The number of fused-ring (bicyclic) bond motifs is 1. The molecule has 0 unspecified atom stereocenters. The summed E-state index contributed by atoms with van der Waals surface area (Å²) in [5, 5.41) is 0. The number of benzene rings is 1. The smallest absolute Gasteiger partial charge is 0.131 e. The fourth-order valence-electron chi connectivity index (χ4n) is 2.60. The van der Waals surface area contributed by atoms with Crippen LogP contribution >= 0.6 is 12.6 Å². The van der Waals surface area contributed by atoms with Gasteiger partial charge in [0.25, 0.3) is 0 Å². The van der Waals surface area contributed by atoms with Crippen molar-refractivity contribution in [2.75, 3.05) is 0 Å². The fourth-order valence-corrected chi connectivity index (χ4v) is 2.78. The summed E-state index contributed by atoms with van der Waals surface area (Å²) in [6.07, 6.45) is 2.17. The van der Waals surface area contributed by atoms with Gasteiger partial charge in [-0.15, -0.1) is 12.6 Å². The van der Waals surface area contributed by atoms with Crippen molar-refractivity contribution in [3.8, 4) is 5.75 Å². The molecule has 0 bridgehead atoms. The Morgan fingerprint density at radius 2 is 1.81 bits per heavy atom. The molecule has 0 fully saturated rings. The van der Waals surface area contributed by atoms with Gasteiger partial charge in [-0.1, -0.05) is 13.8 Å². The molecule has 0 aromatic heterocycles. The van der Waals surface area contributed by atoms with Crippen LogP contribution in [-0.2, 0) is 5.41 Å². The monoisotopic (exact) mass is 234 g/mol. The molecule has 1 aromatic carbocycles. The molecular formula is C14H18OS. The zero-order valence-corrected chi connectivity index (χ0v) is 11.4. The van der Waals surface area contributed by atoms with Crippen LogP contribution in [0.4, 0.5) is 0 Å². The highest BCUT2D eigenvalue weighted by atomic mass is 32.1. The van der Waals surface area contributed by atoms with Crippen LogP contribution in [0.1, 0.15) is 37.5 Å². The maximum absolute atomic E-state index is 5.81. The Bertz CT molecular complexity index is 484. The zero-order valence-electron chi connectivity index (χ0n) is 10.5. The number of thiol groups is 1. The van der Waals surface area contributed by atoms with Crippen LogP contribution in [0.5, 0.6) is 5.75 Å². The first-order chi connectivity index (χ1) is 7.33. The number of hydrogen-bond acceptors (Lipinski definition) is 2. The third-order valence-corrected chi connectivity index (χ3v) is 3.87. The van der Waals surface area contributed by atoms with E-state index >= 15 is 0 Å². The summed E-state index contributed by atoms with van der Waals surface area (Å²) in [6.45, 7) is 10.6. The summed E-state index contributed by atoms with van der Waals surface area (Å²) in [7, 11) is 0. The summed E-state index contributed by atoms with van der Waals surface area (Å²) in [4.78, 5) is 1.07. The van der Waals surface area contributed by atoms with E-state index in [-0.39, 0.29) is 5.41 Å². The maximum Gasteiger partial charge on any atom is 0.131 e. The largest absolute Gasteiger partial charge is 0.462 e. The second-order valence-corrected chi connectivity index (χ2v) is 5.57. The molecule has 0 aliphatic carbocycles. The third-order valence-electron chi connectivity index (χ3n) is 3.18. The molecule has 0 radical (unpaired) electrons. The van der Waals surface area contributed by atoms with Gasteiger partial charge in [0.15, 0.2) is 0 Å². The standard InChI is InChI=1S/C14H18OS/c1-8-6-11-12(10(3)13(8)16)14(4,5)7-9(2)15-11/h6-7,16H,1-5H3. The molecule has 0 atom stereocenters. The third kappa shape index (κ3) is 1.65. The summed E-state index contributed by atoms with van der Waals surface area (Å²) in [6, 6.07) is 2.09. The summed E-state index contributed by atoms with van der Waals surface area (Å²) >= 11 is 4.57. The van der Waals surface area contributed by atoms with Crippen molar-refractivity contribution in [2.45, 2.75) is 44.9 Å². The van der Waals surface area contributed by atoms with E-state index in [4.69, 9.17) is 4.74 Å². The van der Waals surface area contributed by atoms with Crippen LogP contribution in [0, 0.1) is 13.8 Å². The SMILES string of the molecule is CC1=CC(C)(C)c2c(cc(C)c(S)c2C)O1. The minimum atomic E-state index is 0.0208. The van der Waals surface area contributed by atoms with Gasteiger partial charge in [-0.3, -0.25) is 0 Å². The van der Waals surface area contributed by atoms with Gasteiger partial charge in [-0.05, 0) is 44.0 Å². The summed E-state index contributed by atoms with van der Waals surface area (Å²) in [5.74, 6) is 1.96. The normalized spacial score (nSPS) is 17.5. The van der Waals surface area contributed by atoms with Crippen LogP contribution in [0.25, 0.3) is 0 Å². The van der Waals surface area contributed by atoms with Gasteiger partial charge in [-0.2, -0.15) is 0 Å². The topological polar surface area (TPSA) is 9.23 Å². The first-order valence-corrected chi connectivity index (χ1v) is 5.98. The average molecular weight is 234 g/mol. The number of aryl methyl sites for hydroxylation is 1. The molecule has 1 nitrogen and oxygen atoms in total. The Morgan fingerprint density at radius 1 is 1.19 bits per heavy atom. The molecule has 1 aliphatic rings. The number of hydrogen-bond donors (Lipinski definition) is 1. The molecule has 0 spiro atoms. The van der Waals surface area contributed by atoms with Gasteiger partial charge >= 0.3 is 0 Å². The Morgan fingerprint density at radius 3 is 2.44 bits per heavy atom. The van der Waals surface area contributed by atoms with Gasteiger partial charge in [0.2, 0.25) is 0 Å². The molecule has 0 N–H and O–H groups in total. The van der Waals surface area contributed by atoms with Gasteiger partial charge in [-0.25, -0.2) is 0 Å². The van der Waals surface area contributed by atoms with E-state index in [2.05, 4.69) is 52.5 Å². The predicted octanol–water partition coefficient (Wildman–Crippen LogP) is 4.17. The first-order valence-electron chi connectivity index (χ1n) is 5.54. The lowest BCUT2D eigenvalue weighted by atomic mass is 9.79. The maximum atomic E-state index is 5.81. The Kier molecular flexibility index (Phi) is 2.58. The molecule has 0 amide bonds. The molecule has 86 valence electrons. The highest BCUT2D eigenvalue weighted by Crippen LogP contribution is 2.43. The van der Waals surface area contributed by atoms with Crippen LogP contribution in [0.3, 0.4) is 0 Å². The molecule has 2 rings (SSSR count). The van der Waals surface area contributed by atoms with Crippen molar-refractivity contribution in [3.63, 3.8) is 0 Å². The van der Waals surface area contributed by atoms with Crippen molar-refractivity contribution < 1.29 is 4.74 Å². The first kappa shape index (κ1) is 11.6. The molecule has 2 heteroatoms. The minimum Gasteiger partial charge on any atom is -0.462 e.